The number of rotatable bonds is 6. The Labute approximate surface area is 148 Å². The maximum Gasteiger partial charge on any atom is 0.0954 e. The average molecular weight is 335 g/mol. The van der Waals surface area contributed by atoms with E-state index in [2.05, 4.69) is 44.8 Å². The Balaban J connectivity index is 1.59. The maximum absolute atomic E-state index is 4.54. The van der Waals surface area contributed by atoms with Crippen LogP contribution in [0.2, 0.25) is 0 Å². The second-order valence-electron chi connectivity index (χ2n) is 6.77. The van der Waals surface area contributed by atoms with Gasteiger partial charge in [-0.15, -0.1) is 0 Å². The molecule has 0 N–H and O–H groups in total. The molecule has 1 aliphatic rings. The molecule has 1 aliphatic heterocycles. The Morgan fingerprint density at radius 3 is 2.64 bits per heavy atom. The van der Waals surface area contributed by atoms with E-state index < -0.39 is 0 Å². The minimum Gasteiger partial charge on any atom is -0.326 e. The molecule has 0 radical (unpaired) electrons. The highest BCUT2D eigenvalue weighted by atomic mass is 15.3. The Kier molecular flexibility index (Phi) is 4.65. The first-order valence-electron chi connectivity index (χ1n) is 9.20. The Hall–Kier alpha value is -2.40. The fourth-order valence-corrected chi connectivity index (χ4v) is 3.67. The first-order chi connectivity index (χ1) is 12.3. The SMILES string of the molecule is CC[C@@H](CN1CCCC1)n1cncc1-c1cnn(-c2ccccc2)c1. The predicted molar refractivity (Wildman–Crippen MR) is 99.8 cm³/mol. The molecule has 0 aliphatic carbocycles. The Morgan fingerprint density at radius 2 is 1.88 bits per heavy atom. The number of likely N-dealkylation sites (tertiary alicyclic amines) is 1. The summed E-state index contributed by atoms with van der Waals surface area (Å²) in [5, 5.41) is 4.54. The van der Waals surface area contributed by atoms with Gasteiger partial charge in [0.2, 0.25) is 0 Å². The summed E-state index contributed by atoms with van der Waals surface area (Å²) in [6.45, 7) is 5.82. The van der Waals surface area contributed by atoms with Gasteiger partial charge in [0.15, 0.2) is 0 Å². The standard InChI is InChI=1S/C20H25N5/c1-2-18(15-23-10-6-7-11-23)24-16-21-13-20(24)17-12-22-25(14-17)19-8-4-3-5-9-19/h3-5,8-9,12-14,16,18H,2,6-7,10-11,15H2,1H3/t18-/m0/s1. The van der Waals surface area contributed by atoms with Crippen LogP contribution in [0.3, 0.4) is 0 Å². The molecule has 1 fully saturated rings. The Morgan fingerprint density at radius 1 is 1.08 bits per heavy atom. The topological polar surface area (TPSA) is 38.9 Å². The number of imidazole rings is 1. The zero-order valence-corrected chi connectivity index (χ0v) is 14.8. The zero-order chi connectivity index (χ0) is 17.1. The van der Waals surface area contributed by atoms with Gasteiger partial charge in [-0.1, -0.05) is 25.1 Å². The summed E-state index contributed by atoms with van der Waals surface area (Å²) < 4.78 is 4.25. The quantitative estimate of drug-likeness (QED) is 0.688. The van der Waals surface area contributed by atoms with Gasteiger partial charge in [-0.05, 0) is 44.5 Å². The molecule has 25 heavy (non-hydrogen) atoms. The molecule has 0 amide bonds. The maximum atomic E-state index is 4.54. The van der Waals surface area contributed by atoms with E-state index in [1.54, 1.807) is 0 Å². The van der Waals surface area contributed by atoms with E-state index in [0.717, 1.165) is 29.9 Å². The third kappa shape index (κ3) is 3.37. The molecule has 1 saturated heterocycles. The van der Waals surface area contributed by atoms with Crippen LogP contribution in [0.5, 0.6) is 0 Å². The third-order valence-corrected chi connectivity index (χ3v) is 5.10. The fourth-order valence-electron chi connectivity index (χ4n) is 3.67. The first-order valence-corrected chi connectivity index (χ1v) is 9.20. The highest BCUT2D eigenvalue weighted by Crippen LogP contribution is 2.26. The lowest BCUT2D eigenvalue weighted by Gasteiger charge is -2.25. The number of nitrogens with zero attached hydrogens (tertiary/aromatic N) is 5. The van der Waals surface area contributed by atoms with Crippen molar-refractivity contribution in [3.8, 4) is 16.9 Å². The summed E-state index contributed by atoms with van der Waals surface area (Å²) in [7, 11) is 0. The van der Waals surface area contributed by atoms with E-state index in [4.69, 9.17) is 0 Å². The van der Waals surface area contributed by atoms with Crippen LogP contribution in [0.15, 0.2) is 55.2 Å². The van der Waals surface area contributed by atoms with E-state index in [0.29, 0.717) is 6.04 Å². The van der Waals surface area contributed by atoms with E-state index in [1.807, 2.05) is 41.6 Å². The monoisotopic (exact) mass is 335 g/mol. The first kappa shape index (κ1) is 16.1. The number of aromatic nitrogens is 4. The molecular weight excluding hydrogens is 310 g/mol. The molecule has 3 aromatic rings. The molecule has 130 valence electrons. The van der Waals surface area contributed by atoms with Gasteiger partial charge in [0.05, 0.1) is 30.1 Å². The van der Waals surface area contributed by atoms with Crippen molar-refractivity contribution in [3.63, 3.8) is 0 Å². The molecule has 2 aromatic heterocycles. The molecule has 4 rings (SSSR count). The third-order valence-electron chi connectivity index (χ3n) is 5.10. The van der Waals surface area contributed by atoms with Crippen LogP contribution in [0.25, 0.3) is 16.9 Å². The molecule has 5 heteroatoms. The second-order valence-corrected chi connectivity index (χ2v) is 6.77. The normalized spacial score (nSPS) is 16.4. The minimum atomic E-state index is 0.454. The fraction of sp³-hybridized carbons (Fsp3) is 0.400. The average Bonchev–Trinajstić information content (AvgIpc) is 3.41. The highest BCUT2D eigenvalue weighted by molar-refractivity contribution is 5.57. The van der Waals surface area contributed by atoms with E-state index in [1.165, 1.54) is 25.9 Å². The summed E-state index contributed by atoms with van der Waals surface area (Å²) in [6.07, 6.45) is 11.7. The van der Waals surface area contributed by atoms with Crippen molar-refractivity contribution in [2.24, 2.45) is 0 Å². The summed E-state index contributed by atoms with van der Waals surface area (Å²) in [5.74, 6) is 0. The summed E-state index contributed by atoms with van der Waals surface area (Å²) in [6, 6.07) is 10.7. The van der Waals surface area contributed by atoms with Gasteiger partial charge in [-0.3, -0.25) is 0 Å². The number of para-hydroxylation sites is 1. The number of benzene rings is 1. The lowest BCUT2D eigenvalue weighted by atomic mass is 10.1. The van der Waals surface area contributed by atoms with Gasteiger partial charge in [0, 0.05) is 24.3 Å². The molecule has 1 aromatic carbocycles. The van der Waals surface area contributed by atoms with E-state index in [-0.39, 0.29) is 0 Å². The van der Waals surface area contributed by atoms with Crippen LogP contribution in [0.4, 0.5) is 0 Å². The van der Waals surface area contributed by atoms with Crippen molar-refractivity contribution in [2.45, 2.75) is 32.2 Å². The van der Waals surface area contributed by atoms with Crippen molar-refractivity contribution in [3.05, 3.63) is 55.2 Å². The molecular formula is C20H25N5. The summed E-state index contributed by atoms with van der Waals surface area (Å²) in [4.78, 5) is 7.01. The van der Waals surface area contributed by atoms with Crippen molar-refractivity contribution < 1.29 is 0 Å². The number of hydrogen-bond donors (Lipinski definition) is 0. The van der Waals surface area contributed by atoms with Crippen LogP contribution >= 0.6 is 0 Å². The van der Waals surface area contributed by atoms with Crippen LogP contribution in [0, 0.1) is 0 Å². The molecule has 0 saturated carbocycles. The summed E-state index contributed by atoms with van der Waals surface area (Å²) >= 11 is 0. The smallest absolute Gasteiger partial charge is 0.0954 e. The van der Waals surface area contributed by atoms with Gasteiger partial charge in [-0.2, -0.15) is 5.10 Å². The van der Waals surface area contributed by atoms with Crippen molar-refractivity contribution in [1.82, 2.24) is 24.2 Å². The lowest BCUT2D eigenvalue weighted by Crippen LogP contribution is -2.28. The van der Waals surface area contributed by atoms with Gasteiger partial charge < -0.3 is 9.47 Å². The zero-order valence-electron chi connectivity index (χ0n) is 14.8. The summed E-state index contributed by atoms with van der Waals surface area (Å²) in [5.41, 5.74) is 3.33. The largest absolute Gasteiger partial charge is 0.326 e. The lowest BCUT2D eigenvalue weighted by molar-refractivity contribution is 0.273. The van der Waals surface area contributed by atoms with Crippen LogP contribution in [-0.4, -0.2) is 43.9 Å². The van der Waals surface area contributed by atoms with E-state index >= 15 is 0 Å². The van der Waals surface area contributed by atoms with Crippen LogP contribution in [0.1, 0.15) is 32.2 Å². The van der Waals surface area contributed by atoms with Crippen molar-refractivity contribution in [1.29, 1.82) is 0 Å². The van der Waals surface area contributed by atoms with Gasteiger partial charge in [-0.25, -0.2) is 9.67 Å². The highest BCUT2D eigenvalue weighted by Gasteiger charge is 2.20. The van der Waals surface area contributed by atoms with Crippen LogP contribution in [-0.2, 0) is 0 Å². The molecule has 0 unspecified atom stereocenters. The molecule has 1 atom stereocenters. The van der Waals surface area contributed by atoms with Crippen molar-refractivity contribution in [2.75, 3.05) is 19.6 Å². The van der Waals surface area contributed by atoms with Gasteiger partial charge >= 0.3 is 0 Å². The van der Waals surface area contributed by atoms with Gasteiger partial charge in [0.1, 0.15) is 0 Å². The molecule has 0 bridgehead atoms. The second kappa shape index (κ2) is 7.23. The molecule has 3 heterocycles. The molecule has 0 spiro atoms. The minimum absolute atomic E-state index is 0.454. The molecule has 5 nitrogen and oxygen atoms in total. The Bertz CT molecular complexity index is 798. The van der Waals surface area contributed by atoms with Crippen LogP contribution < -0.4 is 0 Å². The van der Waals surface area contributed by atoms with Crippen molar-refractivity contribution >= 4 is 0 Å². The van der Waals surface area contributed by atoms with E-state index in [9.17, 15) is 0 Å². The number of hydrogen-bond acceptors (Lipinski definition) is 3. The predicted octanol–water partition coefficient (Wildman–Crippen LogP) is 3.78. The van der Waals surface area contributed by atoms with Gasteiger partial charge in [0.25, 0.3) is 0 Å².